The smallest absolute Gasteiger partial charge is 0.203 e. The summed E-state index contributed by atoms with van der Waals surface area (Å²) in [5, 5.41) is 3.36. The number of nitrogens with one attached hydrogen (secondary N) is 1. The summed E-state index contributed by atoms with van der Waals surface area (Å²) in [7, 11) is 0. The first kappa shape index (κ1) is 14.4. The van der Waals surface area contributed by atoms with Crippen LogP contribution in [-0.4, -0.2) is 22.2 Å². The van der Waals surface area contributed by atoms with E-state index >= 15 is 0 Å². The maximum Gasteiger partial charge on any atom is 0.203 e. The van der Waals surface area contributed by atoms with E-state index in [4.69, 9.17) is 4.74 Å². The third-order valence-electron chi connectivity index (χ3n) is 2.87. The lowest BCUT2D eigenvalue weighted by atomic mass is 10.3. The Morgan fingerprint density at radius 2 is 2.00 bits per heavy atom. The van der Waals surface area contributed by atoms with Gasteiger partial charge in [0.25, 0.3) is 0 Å². The number of hydrogen-bond acceptors (Lipinski definition) is 3. The van der Waals surface area contributed by atoms with Crippen molar-refractivity contribution in [2.24, 2.45) is 0 Å². The van der Waals surface area contributed by atoms with E-state index in [-0.39, 0.29) is 0 Å². The first-order valence-electron chi connectivity index (χ1n) is 7.13. The quantitative estimate of drug-likeness (QED) is 0.785. The lowest BCUT2D eigenvalue weighted by molar-refractivity contribution is 0.302. The molecule has 0 aliphatic heterocycles. The molecule has 0 saturated carbocycles. The highest BCUT2D eigenvalue weighted by Gasteiger charge is 2.06. The van der Waals surface area contributed by atoms with Crippen molar-refractivity contribution in [3.05, 3.63) is 42.2 Å². The van der Waals surface area contributed by atoms with Gasteiger partial charge in [-0.15, -0.1) is 0 Å². The van der Waals surface area contributed by atoms with Gasteiger partial charge >= 0.3 is 0 Å². The van der Waals surface area contributed by atoms with Gasteiger partial charge in [0, 0.05) is 18.8 Å². The molecule has 0 fully saturated rings. The normalized spacial score (nSPS) is 10.8. The van der Waals surface area contributed by atoms with E-state index in [1.807, 2.05) is 37.3 Å². The average Bonchev–Trinajstić information content (AvgIpc) is 2.75. The monoisotopic (exact) mass is 273 g/mol. The summed E-state index contributed by atoms with van der Waals surface area (Å²) >= 11 is 0. The predicted octanol–water partition coefficient (Wildman–Crippen LogP) is 3.48. The Balaban J connectivity index is 1.82. The Kier molecular flexibility index (Phi) is 5.04. The summed E-state index contributed by atoms with van der Waals surface area (Å²) in [6, 6.07) is 10.3. The molecule has 4 nitrogen and oxygen atoms in total. The summed E-state index contributed by atoms with van der Waals surface area (Å²) in [4.78, 5) is 4.50. The zero-order valence-corrected chi connectivity index (χ0v) is 12.5. The predicted molar refractivity (Wildman–Crippen MR) is 82.3 cm³/mol. The molecule has 2 aromatic rings. The van der Waals surface area contributed by atoms with Crippen LogP contribution < -0.4 is 10.1 Å². The molecule has 0 saturated heterocycles. The molecule has 1 heterocycles. The number of imidazole rings is 1. The molecule has 1 N–H and O–H groups in total. The summed E-state index contributed by atoms with van der Waals surface area (Å²) in [6.07, 6.45) is 3.03. The minimum atomic E-state index is 0.385. The van der Waals surface area contributed by atoms with Gasteiger partial charge in [-0.25, -0.2) is 4.98 Å². The van der Waals surface area contributed by atoms with E-state index in [2.05, 4.69) is 34.9 Å². The second-order valence-corrected chi connectivity index (χ2v) is 5.21. The summed E-state index contributed by atoms with van der Waals surface area (Å²) in [5.41, 5.74) is 1.04. The number of aromatic nitrogens is 2. The fraction of sp³-hybridized carbons (Fsp3) is 0.438. The first-order valence-corrected chi connectivity index (χ1v) is 7.13. The van der Waals surface area contributed by atoms with E-state index in [9.17, 15) is 0 Å². The van der Waals surface area contributed by atoms with Crippen LogP contribution in [0.5, 0.6) is 5.75 Å². The molecule has 108 valence electrons. The van der Waals surface area contributed by atoms with Gasteiger partial charge in [-0.05, 0) is 39.3 Å². The largest absolute Gasteiger partial charge is 0.494 e. The Morgan fingerprint density at radius 3 is 2.70 bits per heavy atom. The number of para-hydroxylation sites is 1. The molecule has 1 aromatic heterocycles. The summed E-state index contributed by atoms with van der Waals surface area (Å²) in [6.45, 7) is 7.87. The molecular weight excluding hydrogens is 250 g/mol. The zero-order valence-electron chi connectivity index (χ0n) is 12.5. The van der Waals surface area contributed by atoms with Crippen molar-refractivity contribution >= 4 is 5.95 Å². The number of hydrogen-bond donors (Lipinski definition) is 1. The van der Waals surface area contributed by atoms with Crippen LogP contribution in [0, 0.1) is 6.92 Å². The molecule has 1 aromatic carbocycles. The summed E-state index contributed by atoms with van der Waals surface area (Å²) < 4.78 is 7.86. The third-order valence-corrected chi connectivity index (χ3v) is 2.87. The van der Waals surface area contributed by atoms with Gasteiger partial charge in [0.15, 0.2) is 0 Å². The number of benzene rings is 1. The van der Waals surface area contributed by atoms with Crippen LogP contribution in [0.3, 0.4) is 0 Å². The Labute approximate surface area is 120 Å². The molecule has 4 heteroatoms. The van der Waals surface area contributed by atoms with Crippen molar-refractivity contribution in [3.8, 4) is 5.75 Å². The Morgan fingerprint density at radius 1 is 1.25 bits per heavy atom. The van der Waals surface area contributed by atoms with E-state index in [1.165, 1.54) is 0 Å². The fourth-order valence-corrected chi connectivity index (χ4v) is 2.03. The van der Waals surface area contributed by atoms with Crippen LogP contribution in [0.1, 0.15) is 26.0 Å². The number of aryl methyl sites for hydroxylation is 2. The van der Waals surface area contributed by atoms with Gasteiger partial charge in [-0.3, -0.25) is 0 Å². The number of rotatable bonds is 7. The average molecular weight is 273 g/mol. The number of nitrogens with zero attached hydrogens (tertiary/aromatic N) is 2. The highest BCUT2D eigenvalue weighted by molar-refractivity contribution is 5.29. The Hall–Kier alpha value is -1.97. The standard InChI is InChI=1S/C16H23N3O/c1-13(2)17-16-18-14(3)12-19(16)10-7-11-20-15-8-5-4-6-9-15/h4-6,8-9,12-13H,7,10-11H2,1-3H3,(H,17,18). The lowest BCUT2D eigenvalue weighted by Crippen LogP contribution is -2.15. The molecule has 0 amide bonds. The van der Waals surface area contributed by atoms with E-state index in [0.29, 0.717) is 12.6 Å². The van der Waals surface area contributed by atoms with Crippen molar-refractivity contribution in [1.29, 1.82) is 0 Å². The first-order chi connectivity index (χ1) is 9.65. The molecule has 0 aliphatic rings. The SMILES string of the molecule is Cc1cn(CCCOc2ccccc2)c(NC(C)C)n1. The van der Waals surface area contributed by atoms with E-state index in [1.54, 1.807) is 0 Å². The highest BCUT2D eigenvalue weighted by Crippen LogP contribution is 2.12. The molecule has 0 unspecified atom stereocenters. The number of ether oxygens (including phenoxy) is 1. The molecular formula is C16H23N3O. The van der Waals surface area contributed by atoms with E-state index in [0.717, 1.165) is 30.4 Å². The number of anilines is 1. The van der Waals surface area contributed by atoms with Crippen molar-refractivity contribution in [2.75, 3.05) is 11.9 Å². The third kappa shape index (κ3) is 4.30. The van der Waals surface area contributed by atoms with Crippen molar-refractivity contribution in [3.63, 3.8) is 0 Å². The van der Waals surface area contributed by atoms with Crippen molar-refractivity contribution in [1.82, 2.24) is 9.55 Å². The van der Waals surface area contributed by atoms with Gasteiger partial charge in [-0.1, -0.05) is 18.2 Å². The molecule has 0 bridgehead atoms. The summed E-state index contributed by atoms with van der Waals surface area (Å²) in [5.74, 6) is 1.87. The maximum atomic E-state index is 5.70. The van der Waals surface area contributed by atoms with Gasteiger partial charge in [0.1, 0.15) is 5.75 Å². The van der Waals surface area contributed by atoms with Crippen LogP contribution in [0.2, 0.25) is 0 Å². The van der Waals surface area contributed by atoms with Crippen molar-refractivity contribution < 1.29 is 4.74 Å². The van der Waals surface area contributed by atoms with Crippen LogP contribution >= 0.6 is 0 Å². The van der Waals surface area contributed by atoms with Gasteiger partial charge < -0.3 is 14.6 Å². The topological polar surface area (TPSA) is 39.1 Å². The second-order valence-electron chi connectivity index (χ2n) is 5.21. The molecule has 20 heavy (non-hydrogen) atoms. The highest BCUT2D eigenvalue weighted by atomic mass is 16.5. The lowest BCUT2D eigenvalue weighted by Gasteiger charge is -2.12. The van der Waals surface area contributed by atoms with Crippen molar-refractivity contribution in [2.45, 2.75) is 39.8 Å². The molecule has 0 aliphatic carbocycles. The zero-order chi connectivity index (χ0) is 14.4. The van der Waals surface area contributed by atoms with Crippen LogP contribution in [0.15, 0.2) is 36.5 Å². The molecule has 0 atom stereocenters. The maximum absolute atomic E-state index is 5.70. The van der Waals surface area contributed by atoms with E-state index < -0.39 is 0 Å². The minimum absolute atomic E-state index is 0.385. The molecule has 0 radical (unpaired) electrons. The second kappa shape index (κ2) is 6.98. The molecule has 2 rings (SSSR count). The minimum Gasteiger partial charge on any atom is -0.494 e. The molecule has 0 spiro atoms. The van der Waals surface area contributed by atoms with Crippen LogP contribution in [0.25, 0.3) is 0 Å². The Bertz CT molecular complexity index is 520. The fourth-order valence-electron chi connectivity index (χ4n) is 2.03. The van der Waals surface area contributed by atoms with Gasteiger partial charge in [0.05, 0.1) is 12.3 Å². The van der Waals surface area contributed by atoms with Crippen LogP contribution in [-0.2, 0) is 6.54 Å². The van der Waals surface area contributed by atoms with Gasteiger partial charge in [0.2, 0.25) is 5.95 Å². The van der Waals surface area contributed by atoms with Gasteiger partial charge in [-0.2, -0.15) is 0 Å². The van der Waals surface area contributed by atoms with Crippen LogP contribution in [0.4, 0.5) is 5.95 Å².